The van der Waals surface area contributed by atoms with Crippen molar-refractivity contribution in [2.45, 2.75) is 33.2 Å². The zero-order chi connectivity index (χ0) is 13.3. The summed E-state index contributed by atoms with van der Waals surface area (Å²) in [6.45, 7) is 7.85. The van der Waals surface area contributed by atoms with Crippen LogP contribution in [-0.2, 0) is 0 Å². The molecule has 0 unspecified atom stereocenters. The van der Waals surface area contributed by atoms with Gasteiger partial charge < -0.3 is 15.7 Å². The number of nitrogens with two attached hydrogens (primary N) is 1. The predicted octanol–water partition coefficient (Wildman–Crippen LogP) is 1.39. The van der Waals surface area contributed by atoms with E-state index in [9.17, 15) is 0 Å². The summed E-state index contributed by atoms with van der Waals surface area (Å²) in [6.07, 6.45) is 0.764. The normalized spacial score (nSPS) is 21.4. The maximum atomic E-state index is 9.04. The number of halogens is 2. The maximum Gasteiger partial charge on any atom is 0.135 e. The molecule has 1 aromatic rings. The van der Waals surface area contributed by atoms with Gasteiger partial charge in [-0.25, -0.2) is 9.97 Å². The first kappa shape index (κ1) is 19.4. The largest absolute Gasteiger partial charge is 0.396 e. The molecule has 7 heteroatoms. The molecule has 0 aromatic carbocycles. The molecule has 1 aliphatic rings. The van der Waals surface area contributed by atoms with Gasteiger partial charge in [-0.1, -0.05) is 0 Å². The Balaban J connectivity index is 0.00000180. The fourth-order valence-electron chi connectivity index (χ4n) is 2.60. The number of anilines is 1. The van der Waals surface area contributed by atoms with E-state index in [4.69, 9.17) is 10.8 Å². The van der Waals surface area contributed by atoms with Crippen LogP contribution in [0.3, 0.4) is 0 Å². The molecule has 1 aromatic heterocycles. The summed E-state index contributed by atoms with van der Waals surface area (Å²) in [6, 6.07) is 0.118. The molecule has 1 saturated heterocycles. The Morgan fingerprint density at radius 3 is 2.45 bits per heavy atom. The van der Waals surface area contributed by atoms with E-state index in [0.29, 0.717) is 5.92 Å². The summed E-state index contributed by atoms with van der Waals surface area (Å²) in [7, 11) is 0. The number of aromatic nitrogens is 2. The van der Waals surface area contributed by atoms with Gasteiger partial charge in [0.1, 0.15) is 11.6 Å². The van der Waals surface area contributed by atoms with E-state index in [1.807, 2.05) is 13.8 Å². The van der Waals surface area contributed by atoms with Gasteiger partial charge in [0.25, 0.3) is 0 Å². The van der Waals surface area contributed by atoms with E-state index in [1.165, 1.54) is 0 Å². The number of rotatable bonds is 3. The molecule has 3 N–H and O–H groups in total. The third-order valence-electron chi connectivity index (χ3n) is 3.77. The number of hydrogen-bond donors (Lipinski definition) is 2. The lowest BCUT2D eigenvalue weighted by atomic mass is 10.0. The molecule has 20 heavy (non-hydrogen) atoms. The Hall–Kier alpha value is -0.620. The van der Waals surface area contributed by atoms with Crippen molar-refractivity contribution >= 4 is 30.6 Å². The summed E-state index contributed by atoms with van der Waals surface area (Å²) in [4.78, 5) is 11.1. The minimum absolute atomic E-state index is 0. The van der Waals surface area contributed by atoms with Crippen molar-refractivity contribution in [2.24, 2.45) is 11.7 Å². The number of aliphatic hydroxyl groups is 1. The summed E-state index contributed by atoms with van der Waals surface area (Å²) in [5.74, 6) is 2.15. The summed E-state index contributed by atoms with van der Waals surface area (Å²) >= 11 is 0. The number of aryl methyl sites for hydroxylation is 2. The molecule has 0 radical (unpaired) electrons. The van der Waals surface area contributed by atoms with E-state index in [0.717, 1.165) is 42.4 Å². The van der Waals surface area contributed by atoms with Crippen molar-refractivity contribution in [3.05, 3.63) is 17.1 Å². The van der Waals surface area contributed by atoms with Crippen LogP contribution in [0.2, 0.25) is 0 Å². The van der Waals surface area contributed by atoms with E-state index in [1.54, 1.807) is 0 Å². The summed E-state index contributed by atoms with van der Waals surface area (Å²) in [5.41, 5.74) is 8.27. The van der Waals surface area contributed by atoms with Crippen LogP contribution in [0, 0.1) is 26.7 Å². The van der Waals surface area contributed by atoms with Gasteiger partial charge in [-0.15, -0.1) is 24.8 Å². The van der Waals surface area contributed by atoms with Gasteiger partial charge in [-0.05, 0) is 33.1 Å². The molecule has 0 saturated carbocycles. The molecule has 2 atom stereocenters. The first-order valence-corrected chi connectivity index (χ1v) is 6.46. The molecule has 0 spiro atoms. The minimum Gasteiger partial charge on any atom is -0.396 e. The molecule has 0 bridgehead atoms. The van der Waals surface area contributed by atoms with Crippen LogP contribution in [0.4, 0.5) is 5.82 Å². The monoisotopic (exact) mass is 322 g/mol. The minimum atomic E-state index is 0. The van der Waals surface area contributed by atoms with Crippen LogP contribution in [0.25, 0.3) is 0 Å². The number of nitrogens with zero attached hydrogens (tertiary/aromatic N) is 3. The maximum absolute atomic E-state index is 9.04. The molecule has 0 amide bonds. The highest BCUT2D eigenvalue weighted by atomic mass is 35.5. The lowest BCUT2D eigenvalue weighted by Crippen LogP contribution is -2.30. The van der Waals surface area contributed by atoms with Gasteiger partial charge in [0, 0.05) is 37.0 Å². The van der Waals surface area contributed by atoms with Gasteiger partial charge in [0.05, 0.1) is 0 Å². The zero-order valence-electron chi connectivity index (χ0n) is 12.2. The molecular formula is C13H24Cl2N4O. The lowest BCUT2D eigenvalue weighted by Gasteiger charge is -2.20. The van der Waals surface area contributed by atoms with Crippen molar-refractivity contribution in [2.75, 3.05) is 24.6 Å². The zero-order valence-corrected chi connectivity index (χ0v) is 13.8. The second-order valence-electron chi connectivity index (χ2n) is 5.15. The van der Waals surface area contributed by atoms with Crippen molar-refractivity contribution in [1.29, 1.82) is 0 Å². The Morgan fingerprint density at radius 1 is 1.20 bits per heavy atom. The summed E-state index contributed by atoms with van der Waals surface area (Å²) in [5, 5.41) is 9.04. The van der Waals surface area contributed by atoms with E-state index in [-0.39, 0.29) is 37.5 Å². The van der Waals surface area contributed by atoms with Gasteiger partial charge in [0.2, 0.25) is 0 Å². The molecule has 5 nitrogen and oxygen atoms in total. The van der Waals surface area contributed by atoms with E-state index >= 15 is 0 Å². The van der Waals surface area contributed by atoms with Crippen molar-refractivity contribution in [3.63, 3.8) is 0 Å². The SMILES string of the molecule is Cc1nc(C)c(C)c(N2C[C@H](CCO)[C@@H](N)C2)n1.Cl.Cl. The van der Waals surface area contributed by atoms with Crippen molar-refractivity contribution < 1.29 is 5.11 Å². The van der Waals surface area contributed by atoms with E-state index < -0.39 is 0 Å². The van der Waals surface area contributed by atoms with Gasteiger partial charge in [-0.3, -0.25) is 0 Å². The number of aliphatic hydroxyl groups excluding tert-OH is 1. The molecular weight excluding hydrogens is 299 g/mol. The van der Waals surface area contributed by atoms with Crippen LogP contribution in [0.1, 0.15) is 23.5 Å². The van der Waals surface area contributed by atoms with Crippen molar-refractivity contribution in [1.82, 2.24) is 9.97 Å². The molecule has 0 aliphatic carbocycles. The predicted molar refractivity (Wildman–Crippen MR) is 86.1 cm³/mol. The van der Waals surface area contributed by atoms with Crippen LogP contribution in [-0.4, -0.2) is 40.8 Å². The molecule has 2 heterocycles. The van der Waals surface area contributed by atoms with Crippen LogP contribution in [0.15, 0.2) is 0 Å². The molecule has 1 aliphatic heterocycles. The first-order chi connectivity index (χ1) is 8.52. The molecule has 1 fully saturated rings. The second kappa shape index (κ2) is 7.98. The average molecular weight is 323 g/mol. The highest BCUT2D eigenvalue weighted by Crippen LogP contribution is 2.27. The highest BCUT2D eigenvalue weighted by molar-refractivity contribution is 5.85. The quantitative estimate of drug-likeness (QED) is 0.879. The Labute approximate surface area is 132 Å². The van der Waals surface area contributed by atoms with Crippen LogP contribution >= 0.6 is 24.8 Å². The Bertz CT molecular complexity index is 445. The second-order valence-corrected chi connectivity index (χ2v) is 5.15. The first-order valence-electron chi connectivity index (χ1n) is 6.46. The topological polar surface area (TPSA) is 75.3 Å². The smallest absolute Gasteiger partial charge is 0.135 e. The average Bonchev–Trinajstić information content (AvgIpc) is 2.66. The lowest BCUT2D eigenvalue weighted by molar-refractivity contribution is 0.257. The van der Waals surface area contributed by atoms with Gasteiger partial charge >= 0.3 is 0 Å². The van der Waals surface area contributed by atoms with Gasteiger partial charge in [0.15, 0.2) is 0 Å². The van der Waals surface area contributed by atoms with Gasteiger partial charge in [-0.2, -0.15) is 0 Å². The van der Waals surface area contributed by atoms with E-state index in [2.05, 4.69) is 21.8 Å². The fourth-order valence-corrected chi connectivity index (χ4v) is 2.60. The number of hydrogen-bond acceptors (Lipinski definition) is 5. The van der Waals surface area contributed by atoms with Crippen LogP contribution in [0.5, 0.6) is 0 Å². The molecule has 2 rings (SSSR count). The molecule has 116 valence electrons. The Kier molecular flexibility index (Phi) is 7.73. The third-order valence-corrected chi connectivity index (χ3v) is 3.77. The highest BCUT2D eigenvalue weighted by Gasteiger charge is 2.31. The fraction of sp³-hybridized carbons (Fsp3) is 0.692. The Morgan fingerprint density at radius 2 is 1.85 bits per heavy atom. The van der Waals surface area contributed by atoms with Crippen molar-refractivity contribution in [3.8, 4) is 0 Å². The third kappa shape index (κ3) is 3.95. The summed E-state index contributed by atoms with van der Waals surface area (Å²) < 4.78 is 0. The van der Waals surface area contributed by atoms with Crippen LogP contribution < -0.4 is 10.6 Å². The standard InChI is InChI=1S/C13H22N4O.2ClH/c1-8-9(2)15-10(3)16-13(8)17-6-11(4-5-18)12(14)7-17;;/h11-12,18H,4-7,14H2,1-3H3;2*1H/t11-,12-;;/m0../s1.